The minimum Gasteiger partial charge on any atom is -0.508 e. The third-order valence-electron chi connectivity index (χ3n) is 7.51. The van der Waals surface area contributed by atoms with Crippen molar-refractivity contribution >= 4 is 17.4 Å². The van der Waals surface area contributed by atoms with Crippen LogP contribution in [-0.2, 0) is 20.9 Å². The summed E-state index contributed by atoms with van der Waals surface area (Å²) >= 11 is 0. The average Bonchev–Trinajstić information content (AvgIpc) is 3.23. The lowest BCUT2D eigenvalue weighted by molar-refractivity contribution is -0.140. The number of phenols is 1. The number of hydrogen-bond acceptors (Lipinski definition) is 7. The number of aliphatic hydroxyl groups excluding tert-OH is 1. The van der Waals surface area contributed by atoms with E-state index in [2.05, 4.69) is 4.90 Å². The molecule has 208 valence electrons. The van der Waals surface area contributed by atoms with Gasteiger partial charge in [-0.1, -0.05) is 36.4 Å². The van der Waals surface area contributed by atoms with Crippen LogP contribution in [0.15, 0.2) is 78.4 Å². The Kier molecular flexibility index (Phi) is 8.48. The van der Waals surface area contributed by atoms with Crippen LogP contribution in [0.2, 0.25) is 0 Å². The molecule has 2 aliphatic rings. The Labute approximate surface area is 234 Å². The number of rotatable bonds is 9. The molecule has 2 saturated heterocycles. The highest BCUT2D eigenvalue weighted by atomic mass is 16.5. The summed E-state index contributed by atoms with van der Waals surface area (Å²) in [6.45, 7) is 6.63. The van der Waals surface area contributed by atoms with Crippen molar-refractivity contribution in [1.82, 2.24) is 9.80 Å². The van der Waals surface area contributed by atoms with E-state index in [0.29, 0.717) is 49.7 Å². The highest BCUT2D eigenvalue weighted by molar-refractivity contribution is 6.46. The predicted octanol–water partition coefficient (Wildman–Crippen LogP) is 4.42. The van der Waals surface area contributed by atoms with Gasteiger partial charge in [-0.25, -0.2) is 0 Å². The van der Waals surface area contributed by atoms with Crippen LogP contribution in [0.5, 0.6) is 11.5 Å². The number of aliphatic hydroxyl groups is 1. The number of aryl methyl sites for hydroxylation is 1. The van der Waals surface area contributed by atoms with Gasteiger partial charge >= 0.3 is 0 Å². The largest absolute Gasteiger partial charge is 0.508 e. The molecule has 3 aromatic carbocycles. The van der Waals surface area contributed by atoms with Gasteiger partial charge in [0.15, 0.2) is 0 Å². The fourth-order valence-electron chi connectivity index (χ4n) is 5.20. The van der Waals surface area contributed by atoms with E-state index >= 15 is 0 Å². The van der Waals surface area contributed by atoms with Crippen molar-refractivity contribution in [3.05, 3.63) is 101 Å². The summed E-state index contributed by atoms with van der Waals surface area (Å²) in [7, 11) is 0. The molecule has 1 atom stereocenters. The molecule has 3 aromatic rings. The van der Waals surface area contributed by atoms with Gasteiger partial charge in [-0.15, -0.1) is 0 Å². The molecule has 2 fully saturated rings. The molecular formula is C32H34N2O6. The molecular weight excluding hydrogens is 508 g/mol. The number of likely N-dealkylation sites (tertiary alicyclic amines) is 1. The third kappa shape index (κ3) is 6.03. The van der Waals surface area contributed by atoms with Crippen LogP contribution in [0.4, 0.5) is 0 Å². The normalized spacial score (nSPS) is 19.2. The minimum atomic E-state index is -0.762. The Balaban J connectivity index is 1.38. The molecule has 0 aliphatic carbocycles. The van der Waals surface area contributed by atoms with Gasteiger partial charge in [-0.05, 0) is 66.4 Å². The summed E-state index contributed by atoms with van der Waals surface area (Å²) in [6.07, 6.45) is 0.675. The van der Waals surface area contributed by atoms with Gasteiger partial charge in [-0.2, -0.15) is 0 Å². The van der Waals surface area contributed by atoms with Crippen molar-refractivity contribution in [1.29, 1.82) is 0 Å². The smallest absolute Gasteiger partial charge is 0.295 e. The van der Waals surface area contributed by atoms with Crippen molar-refractivity contribution in [2.24, 2.45) is 0 Å². The maximum atomic E-state index is 13.3. The molecule has 0 aromatic heterocycles. The lowest BCUT2D eigenvalue weighted by Crippen LogP contribution is -2.38. The Morgan fingerprint density at radius 1 is 0.950 bits per heavy atom. The van der Waals surface area contributed by atoms with E-state index in [-0.39, 0.29) is 17.1 Å². The second-order valence-corrected chi connectivity index (χ2v) is 10.1. The summed E-state index contributed by atoms with van der Waals surface area (Å²) in [5.74, 6) is -0.896. The molecule has 2 N–H and O–H groups in total. The van der Waals surface area contributed by atoms with Crippen LogP contribution < -0.4 is 4.74 Å². The first-order chi connectivity index (χ1) is 19.4. The maximum Gasteiger partial charge on any atom is 0.295 e. The molecule has 0 spiro atoms. The van der Waals surface area contributed by atoms with Crippen molar-refractivity contribution in [2.75, 3.05) is 39.4 Å². The molecule has 2 heterocycles. The number of aromatic hydroxyl groups is 1. The zero-order valence-corrected chi connectivity index (χ0v) is 22.6. The van der Waals surface area contributed by atoms with E-state index in [1.165, 1.54) is 17.0 Å². The number of carbonyl (C=O) groups excluding carboxylic acids is 2. The number of carbonyl (C=O) groups is 2. The summed E-state index contributed by atoms with van der Waals surface area (Å²) in [5.41, 5.74) is 3.31. The summed E-state index contributed by atoms with van der Waals surface area (Å²) in [6, 6.07) is 20.5. The fourth-order valence-corrected chi connectivity index (χ4v) is 5.20. The molecule has 2 aliphatic heterocycles. The number of hydrogen-bond donors (Lipinski definition) is 2. The Morgan fingerprint density at radius 2 is 1.65 bits per heavy atom. The Hall–Kier alpha value is -4.14. The topological polar surface area (TPSA) is 99.5 Å². The zero-order chi connectivity index (χ0) is 28.1. The van der Waals surface area contributed by atoms with Crippen LogP contribution in [0.25, 0.3) is 5.76 Å². The molecule has 8 nitrogen and oxygen atoms in total. The van der Waals surface area contributed by atoms with E-state index in [1.807, 2.05) is 31.2 Å². The molecule has 8 heteroatoms. The first kappa shape index (κ1) is 27.4. The van der Waals surface area contributed by atoms with Crippen molar-refractivity contribution in [3.8, 4) is 11.5 Å². The van der Waals surface area contributed by atoms with Crippen molar-refractivity contribution in [2.45, 2.75) is 26.0 Å². The van der Waals surface area contributed by atoms with Crippen molar-refractivity contribution in [3.63, 3.8) is 0 Å². The van der Waals surface area contributed by atoms with E-state index in [1.54, 1.807) is 36.4 Å². The van der Waals surface area contributed by atoms with E-state index in [9.17, 15) is 19.8 Å². The number of ether oxygens (including phenoxy) is 2. The SMILES string of the molecule is Cc1ccccc1COc1ccc(C(O)=C2C(=O)C(=O)N(CCCN3CCOCC3)[C@H]2c2ccc(O)cc2)cc1. The van der Waals surface area contributed by atoms with E-state index in [4.69, 9.17) is 9.47 Å². The standard InChI is InChI=1S/C32H34N2O6/c1-22-5-2-3-6-25(22)21-40-27-13-9-24(10-14-27)30(36)28-29(23-7-11-26(35)12-8-23)34(32(38)31(28)37)16-4-15-33-17-19-39-20-18-33/h2-3,5-14,29,35-36H,4,15-21H2,1H3/t29-/m0/s1. The first-order valence-corrected chi connectivity index (χ1v) is 13.6. The number of nitrogens with zero attached hydrogens (tertiary/aromatic N) is 2. The van der Waals surface area contributed by atoms with Gasteiger partial charge in [0, 0.05) is 31.7 Å². The lowest BCUT2D eigenvalue weighted by Gasteiger charge is -2.29. The van der Waals surface area contributed by atoms with Gasteiger partial charge in [0.05, 0.1) is 24.8 Å². The summed E-state index contributed by atoms with van der Waals surface area (Å²) in [5, 5.41) is 21.2. The van der Waals surface area contributed by atoms with Gasteiger partial charge in [0.25, 0.3) is 11.7 Å². The monoisotopic (exact) mass is 542 g/mol. The Bertz CT molecular complexity index is 1380. The lowest BCUT2D eigenvalue weighted by atomic mass is 9.95. The number of benzene rings is 3. The van der Waals surface area contributed by atoms with Crippen LogP contribution in [0, 0.1) is 6.92 Å². The van der Waals surface area contributed by atoms with Crippen LogP contribution in [0.1, 0.15) is 34.7 Å². The summed E-state index contributed by atoms with van der Waals surface area (Å²) < 4.78 is 11.3. The van der Waals surface area contributed by atoms with E-state index < -0.39 is 17.7 Å². The number of phenolic OH excluding ortho intramolecular Hbond substituents is 1. The van der Waals surface area contributed by atoms with Gasteiger partial charge < -0.3 is 24.6 Å². The molecule has 0 unspecified atom stereocenters. The number of Topliss-reactive ketones (excluding diaryl/α,β-unsaturated/α-hetero) is 1. The van der Waals surface area contributed by atoms with Gasteiger partial charge in [0.2, 0.25) is 0 Å². The molecule has 0 bridgehead atoms. The summed E-state index contributed by atoms with van der Waals surface area (Å²) in [4.78, 5) is 30.3. The highest BCUT2D eigenvalue weighted by Crippen LogP contribution is 2.40. The molecule has 40 heavy (non-hydrogen) atoms. The number of amides is 1. The molecule has 0 radical (unpaired) electrons. The van der Waals surface area contributed by atoms with Crippen LogP contribution in [-0.4, -0.2) is 71.1 Å². The predicted molar refractivity (Wildman–Crippen MR) is 151 cm³/mol. The fraction of sp³-hybridized carbons (Fsp3) is 0.312. The highest BCUT2D eigenvalue weighted by Gasteiger charge is 2.45. The van der Waals surface area contributed by atoms with Crippen LogP contribution in [0.3, 0.4) is 0 Å². The average molecular weight is 543 g/mol. The maximum absolute atomic E-state index is 13.3. The molecule has 5 rings (SSSR count). The van der Waals surface area contributed by atoms with Gasteiger partial charge in [-0.3, -0.25) is 14.5 Å². The molecule has 1 amide bonds. The second-order valence-electron chi connectivity index (χ2n) is 10.1. The van der Waals surface area contributed by atoms with Gasteiger partial charge in [0.1, 0.15) is 23.9 Å². The zero-order valence-electron chi connectivity index (χ0n) is 22.6. The van der Waals surface area contributed by atoms with E-state index in [0.717, 1.165) is 30.8 Å². The Morgan fingerprint density at radius 3 is 2.35 bits per heavy atom. The van der Waals surface area contributed by atoms with Crippen LogP contribution >= 0.6 is 0 Å². The molecule has 0 saturated carbocycles. The van der Waals surface area contributed by atoms with Crippen molar-refractivity contribution < 1.29 is 29.3 Å². The quantitative estimate of drug-likeness (QED) is 0.235. The second kappa shape index (κ2) is 12.4. The number of morpholine rings is 1. The third-order valence-corrected chi connectivity index (χ3v) is 7.51. The minimum absolute atomic E-state index is 0.0376. The first-order valence-electron chi connectivity index (χ1n) is 13.6. The number of ketones is 1.